The standard InChI is InChI=1S/C18H13ClFN5/c1-11-8-17(24-16-5-3-2-4-12(16)10-21)25-18(22-11)23-13-6-7-15(20)14(19)9-13/h2-9H,1H3,(H2,22,23,24,25). The number of aryl methyl sites for hydroxylation is 1. The minimum Gasteiger partial charge on any atom is -0.339 e. The Labute approximate surface area is 149 Å². The monoisotopic (exact) mass is 353 g/mol. The summed E-state index contributed by atoms with van der Waals surface area (Å²) in [5.41, 5.74) is 2.46. The van der Waals surface area contributed by atoms with Crippen molar-refractivity contribution in [2.24, 2.45) is 0 Å². The van der Waals surface area contributed by atoms with Crippen molar-refractivity contribution in [1.82, 2.24) is 9.97 Å². The van der Waals surface area contributed by atoms with E-state index < -0.39 is 5.82 Å². The number of hydrogen-bond acceptors (Lipinski definition) is 5. The molecule has 0 atom stereocenters. The summed E-state index contributed by atoms with van der Waals surface area (Å²) >= 11 is 5.78. The predicted octanol–water partition coefficient (Wildman–Crippen LogP) is 4.94. The fourth-order valence-corrected chi connectivity index (χ4v) is 2.40. The van der Waals surface area contributed by atoms with Crippen LogP contribution in [0, 0.1) is 24.1 Å². The lowest BCUT2D eigenvalue weighted by Gasteiger charge is -2.11. The molecule has 0 saturated heterocycles. The molecular weight excluding hydrogens is 341 g/mol. The van der Waals surface area contributed by atoms with E-state index in [0.29, 0.717) is 28.7 Å². The van der Waals surface area contributed by atoms with E-state index in [9.17, 15) is 9.65 Å². The zero-order chi connectivity index (χ0) is 17.8. The van der Waals surface area contributed by atoms with Crippen LogP contribution in [0.3, 0.4) is 0 Å². The summed E-state index contributed by atoms with van der Waals surface area (Å²) in [7, 11) is 0. The second kappa shape index (κ2) is 7.16. The average molecular weight is 354 g/mol. The molecule has 0 aliphatic heterocycles. The molecule has 0 bridgehead atoms. The van der Waals surface area contributed by atoms with Crippen molar-refractivity contribution in [3.05, 3.63) is 70.6 Å². The smallest absolute Gasteiger partial charge is 0.229 e. The van der Waals surface area contributed by atoms with Gasteiger partial charge in [0.1, 0.15) is 17.7 Å². The molecule has 0 saturated carbocycles. The lowest BCUT2D eigenvalue weighted by Crippen LogP contribution is -2.03. The molecule has 2 aromatic carbocycles. The molecule has 1 aromatic heterocycles. The molecule has 0 spiro atoms. The number of hydrogen-bond donors (Lipinski definition) is 2. The quantitative estimate of drug-likeness (QED) is 0.695. The van der Waals surface area contributed by atoms with Gasteiger partial charge < -0.3 is 10.6 Å². The van der Waals surface area contributed by atoms with Crippen LogP contribution >= 0.6 is 11.6 Å². The first-order chi connectivity index (χ1) is 12.0. The van der Waals surface area contributed by atoms with Gasteiger partial charge in [-0.15, -0.1) is 0 Å². The van der Waals surface area contributed by atoms with Crippen LogP contribution < -0.4 is 10.6 Å². The number of nitrogens with zero attached hydrogens (tertiary/aromatic N) is 3. The normalized spacial score (nSPS) is 10.2. The van der Waals surface area contributed by atoms with E-state index in [1.807, 2.05) is 13.0 Å². The predicted molar refractivity (Wildman–Crippen MR) is 95.9 cm³/mol. The Bertz CT molecular complexity index is 968. The number of halogens is 2. The maximum absolute atomic E-state index is 13.3. The fraction of sp³-hybridized carbons (Fsp3) is 0.0556. The van der Waals surface area contributed by atoms with E-state index in [1.165, 1.54) is 12.1 Å². The maximum atomic E-state index is 13.3. The minimum atomic E-state index is -0.493. The highest BCUT2D eigenvalue weighted by Gasteiger charge is 2.07. The van der Waals surface area contributed by atoms with Gasteiger partial charge in [-0.3, -0.25) is 0 Å². The van der Waals surface area contributed by atoms with Crippen LogP contribution in [0.2, 0.25) is 5.02 Å². The Kier molecular flexibility index (Phi) is 4.78. The average Bonchev–Trinajstić information content (AvgIpc) is 2.58. The summed E-state index contributed by atoms with van der Waals surface area (Å²) < 4.78 is 13.3. The zero-order valence-corrected chi connectivity index (χ0v) is 14.0. The Morgan fingerprint density at radius 3 is 2.64 bits per heavy atom. The Morgan fingerprint density at radius 1 is 1.08 bits per heavy atom. The lowest BCUT2D eigenvalue weighted by molar-refractivity contribution is 0.628. The molecule has 0 amide bonds. The summed E-state index contributed by atoms with van der Waals surface area (Å²) in [4.78, 5) is 8.67. The van der Waals surface area contributed by atoms with Crippen molar-refractivity contribution in [3.63, 3.8) is 0 Å². The maximum Gasteiger partial charge on any atom is 0.229 e. The molecule has 0 aliphatic rings. The number of anilines is 4. The van der Waals surface area contributed by atoms with Gasteiger partial charge in [-0.05, 0) is 37.3 Å². The van der Waals surface area contributed by atoms with Crippen LogP contribution in [0.1, 0.15) is 11.3 Å². The first-order valence-corrected chi connectivity index (χ1v) is 7.77. The topological polar surface area (TPSA) is 73.6 Å². The van der Waals surface area contributed by atoms with Crippen molar-refractivity contribution in [2.45, 2.75) is 6.92 Å². The Hall–Kier alpha value is -3.17. The van der Waals surface area contributed by atoms with Crippen molar-refractivity contribution >= 4 is 34.7 Å². The van der Waals surface area contributed by atoms with Crippen LogP contribution in [0.4, 0.5) is 27.5 Å². The zero-order valence-electron chi connectivity index (χ0n) is 13.2. The second-order valence-corrected chi connectivity index (χ2v) is 5.66. The molecule has 3 aromatic rings. The number of aromatic nitrogens is 2. The molecule has 1 heterocycles. The molecule has 7 heteroatoms. The van der Waals surface area contributed by atoms with Gasteiger partial charge in [-0.25, -0.2) is 9.37 Å². The van der Waals surface area contributed by atoms with E-state index in [4.69, 9.17) is 11.6 Å². The van der Waals surface area contributed by atoms with Gasteiger partial charge in [0.25, 0.3) is 0 Å². The molecule has 3 rings (SSSR count). The number of benzene rings is 2. The third-order valence-electron chi connectivity index (χ3n) is 3.34. The van der Waals surface area contributed by atoms with E-state index >= 15 is 0 Å². The third kappa shape index (κ3) is 4.03. The van der Waals surface area contributed by atoms with E-state index in [0.717, 1.165) is 5.69 Å². The highest BCUT2D eigenvalue weighted by Crippen LogP contribution is 2.24. The molecule has 2 N–H and O–H groups in total. The van der Waals surface area contributed by atoms with Crippen molar-refractivity contribution in [3.8, 4) is 6.07 Å². The van der Waals surface area contributed by atoms with Gasteiger partial charge in [0.05, 0.1) is 16.3 Å². The van der Waals surface area contributed by atoms with Gasteiger partial charge in [0.2, 0.25) is 5.95 Å². The highest BCUT2D eigenvalue weighted by molar-refractivity contribution is 6.31. The third-order valence-corrected chi connectivity index (χ3v) is 3.63. The lowest BCUT2D eigenvalue weighted by atomic mass is 10.2. The van der Waals surface area contributed by atoms with E-state index in [2.05, 4.69) is 26.7 Å². The molecule has 0 aliphatic carbocycles. The molecule has 0 unspecified atom stereocenters. The SMILES string of the molecule is Cc1cc(Nc2ccccc2C#N)nc(Nc2ccc(F)c(Cl)c2)n1. The molecule has 0 fully saturated rings. The largest absolute Gasteiger partial charge is 0.339 e. The van der Waals surface area contributed by atoms with Crippen molar-refractivity contribution < 1.29 is 4.39 Å². The number of rotatable bonds is 4. The van der Waals surface area contributed by atoms with E-state index in [1.54, 1.807) is 30.3 Å². The van der Waals surface area contributed by atoms with Crippen molar-refractivity contribution in [2.75, 3.05) is 10.6 Å². The van der Waals surface area contributed by atoms with Gasteiger partial charge in [0, 0.05) is 17.4 Å². The molecular formula is C18H13ClFN5. The van der Waals surface area contributed by atoms with Gasteiger partial charge in [-0.1, -0.05) is 23.7 Å². The summed E-state index contributed by atoms with van der Waals surface area (Å²) in [5.74, 6) is 0.373. The molecule has 0 radical (unpaired) electrons. The van der Waals surface area contributed by atoms with Crippen LogP contribution in [0.5, 0.6) is 0 Å². The number of para-hydroxylation sites is 1. The van der Waals surface area contributed by atoms with Gasteiger partial charge in [-0.2, -0.15) is 10.2 Å². The van der Waals surface area contributed by atoms with Crippen LogP contribution in [-0.4, -0.2) is 9.97 Å². The Balaban J connectivity index is 1.88. The summed E-state index contributed by atoms with van der Waals surface area (Å²) in [6.07, 6.45) is 0. The number of nitriles is 1. The van der Waals surface area contributed by atoms with Gasteiger partial charge >= 0.3 is 0 Å². The molecule has 5 nitrogen and oxygen atoms in total. The number of nitrogens with one attached hydrogen (secondary N) is 2. The van der Waals surface area contributed by atoms with Crippen molar-refractivity contribution in [1.29, 1.82) is 5.26 Å². The van der Waals surface area contributed by atoms with Crippen LogP contribution in [0.25, 0.3) is 0 Å². The second-order valence-electron chi connectivity index (χ2n) is 5.25. The Morgan fingerprint density at radius 2 is 1.88 bits per heavy atom. The molecule has 25 heavy (non-hydrogen) atoms. The summed E-state index contributed by atoms with van der Waals surface area (Å²) in [5, 5.41) is 15.3. The molecule has 124 valence electrons. The van der Waals surface area contributed by atoms with Crippen LogP contribution in [0.15, 0.2) is 48.5 Å². The highest BCUT2D eigenvalue weighted by atomic mass is 35.5. The summed E-state index contributed by atoms with van der Waals surface area (Å²) in [6, 6.07) is 15.3. The van der Waals surface area contributed by atoms with Crippen LogP contribution in [-0.2, 0) is 0 Å². The van der Waals surface area contributed by atoms with E-state index in [-0.39, 0.29) is 5.02 Å². The summed E-state index contributed by atoms with van der Waals surface area (Å²) in [6.45, 7) is 1.83. The fourth-order valence-electron chi connectivity index (χ4n) is 2.22. The van der Waals surface area contributed by atoms with Gasteiger partial charge in [0.15, 0.2) is 0 Å². The first kappa shape index (κ1) is 16.7. The first-order valence-electron chi connectivity index (χ1n) is 7.39. The minimum absolute atomic E-state index is 0.0129.